The molecule has 2 amide bonds. The normalized spacial score (nSPS) is 36.8. The van der Waals surface area contributed by atoms with Crippen molar-refractivity contribution >= 4 is 17.5 Å². The predicted octanol–water partition coefficient (Wildman–Crippen LogP) is 2.71. The van der Waals surface area contributed by atoms with Crippen LogP contribution < -0.4 is 16.4 Å². The van der Waals surface area contributed by atoms with Gasteiger partial charge in [0, 0.05) is 23.2 Å². The molecule has 6 rings (SSSR count). The van der Waals surface area contributed by atoms with Gasteiger partial charge in [-0.15, -0.1) is 0 Å². The van der Waals surface area contributed by atoms with E-state index in [2.05, 4.69) is 10.6 Å². The Balaban J connectivity index is 1.30. The third kappa shape index (κ3) is 2.70. The lowest BCUT2D eigenvalue weighted by Gasteiger charge is -2.59. The number of amides is 2. The fourth-order valence-electron chi connectivity index (χ4n) is 6.24. The largest absolute Gasteiger partial charge is 0.371 e. The van der Waals surface area contributed by atoms with E-state index in [4.69, 9.17) is 5.73 Å². The average Bonchev–Trinajstić information content (AvgIpc) is 3.41. The predicted molar refractivity (Wildman–Crippen MR) is 99.1 cm³/mol. The Morgan fingerprint density at radius 3 is 2.29 bits per heavy atom. The van der Waals surface area contributed by atoms with Gasteiger partial charge in [-0.1, -0.05) is 0 Å². The minimum Gasteiger partial charge on any atom is -0.371 e. The topological polar surface area (TPSA) is 84.2 Å². The molecule has 0 aliphatic heterocycles. The first-order valence-corrected chi connectivity index (χ1v) is 10.1. The van der Waals surface area contributed by atoms with Gasteiger partial charge in [-0.3, -0.25) is 9.59 Å². The Morgan fingerprint density at radius 1 is 1.04 bits per heavy atom. The van der Waals surface area contributed by atoms with E-state index in [1.54, 1.807) is 0 Å². The van der Waals surface area contributed by atoms with Gasteiger partial charge in [0.05, 0.1) is 0 Å². The second-order valence-corrected chi connectivity index (χ2v) is 9.45. The lowest BCUT2D eigenvalue weighted by Crippen LogP contribution is -2.63. The fourth-order valence-corrected chi connectivity index (χ4v) is 6.24. The average molecular weight is 389 g/mol. The SMILES string of the molecule is NC(=O)C12CC3CC(C1)C(NC(=O)C1(Nc4ccc(F)c(F)c4)CC1)C(C3)C2. The quantitative estimate of drug-likeness (QED) is 0.724. The maximum atomic E-state index is 13.5. The zero-order valence-electron chi connectivity index (χ0n) is 15.6. The molecule has 0 spiro atoms. The summed E-state index contributed by atoms with van der Waals surface area (Å²) in [5.41, 5.74) is 5.01. The Hall–Kier alpha value is -2.18. The van der Waals surface area contributed by atoms with Crippen molar-refractivity contribution < 1.29 is 18.4 Å². The van der Waals surface area contributed by atoms with Crippen LogP contribution >= 0.6 is 0 Å². The molecule has 5 fully saturated rings. The molecule has 5 nitrogen and oxygen atoms in total. The summed E-state index contributed by atoms with van der Waals surface area (Å²) in [7, 11) is 0. The van der Waals surface area contributed by atoms with Gasteiger partial charge in [0.1, 0.15) is 5.54 Å². The van der Waals surface area contributed by atoms with Crippen molar-refractivity contribution in [3.05, 3.63) is 29.8 Å². The number of primary amides is 1. The summed E-state index contributed by atoms with van der Waals surface area (Å²) >= 11 is 0. The minimum atomic E-state index is -0.931. The van der Waals surface area contributed by atoms with Crippen molar-refractivity contribution in [2.24, 2.45) is 28.9 Å². The molecule has 28 heavy (non-hydrogen) atoms. The first-order valence-electron chi connectivity index (χ1n) is 10.1. The van der Waals surface area contributed by atoms with Gasteiger partial charge in [-0.25, -0.2) is 8.78 Å². The van der Waals surface area contributed by atoms with Gasteiger partial charge in [0.2, 0.25) is 11.8 Å². The zero-order valence-corrected chi connectivity index (χ0v) is 15.6. The molecule has 0 heterocycles. The molecular formula is C21H25F2N3O2. The summed E-state index contributed by atoms with van der Waals surface area (Å²) in [4.78, 5) is 25.1. The fraction of sp³-hybridized carbons (Fsp3) is 0.619. The van der Waals surface area contributed by atoms with Gasteiger partial charge >= 0.3 is 0 Å². The molecule has 1 aromatic rings. The lowest BCUT2D eigenvalue weighted by atomic mass is 9.47. The monoisotopic (exact) mass is 389 g/mol. The van der Waals surface area contributed by atoms with E-state index in [0.717, 1.165) is 44.2 Å². The van der Waals surface area contributed by atoms with E-state index in [1.165, 1.54) is 6.07 Å². The van der Waals surface area contributed by atoms with Crippen LogP contribution in [0, 0.1) is 34.8 Å². The van der Waals surface area contributed by atoms with Gasteiger partial charge in [-0.05, 0) is 74.8 Å². The van der Waals surface area contributed by atoms with Gasteiger partial charge in [0.15, 0.2) is 11.6 Å². The number of carbonyl (C=O) groups excluding carboxylic acids is 2. The Morgan fingerprint density at radius 2 is 1.71 bits per heavy atom. The molecule has 5 saturated carbocycles. The second-order valence-electron chi connectivity index (χ2n) is 9.45. The van der Waals surface area contributed by atoms with Crippen LogP contribution in [-0.4, -0.2) is 23.4 Å². The van der Waals surface area contributed by atoms with Crippen molar-refractivity contribution in [3.63, 3.8) is 0 Å². The Kier molecular flexibility index (Phi) is 3.77. The van der Waals surface area contributed by atoms with Gasteiger partial charge < -0.3 is 16.4 Å². The number of hydrogen-bond donors (Lipinski definition) is 3. The molecule has 2 atom stereocenters. The zero-order chi connectivity index (χ0) is 19.7. The third-order valence-electron chi connectivity index (χ3n) is 7.58. The van der Waals surface area contributed by atoms with Crippen LogP contribution in [0.25, 0.3) is 0 Å². The Labute approximate surface area is 162 Å². The van der Waals surface area contributed by atoms with Crippen LogP contribution in [0.1, 0.15) is 44.9 Å². The second kappa shape index (κ2) is 5.91. The molecule has 2 unspecified atom stereocenters. The highest BCUT2D eigenvalue weighted by Crippen LogP contribution is 2.60. The third-order valence-corrected chi connectivity index (χ3v) is 7.58. The summed E-state index contributed by atoms with van der Waals surface area (Å²) in [6.07, 6.45) is 5.84. The van der Waals surface area contributed by atoms with Crippen LogP contribution in [0.4, 0.5) is 14.5 Å². The molecule has 4 bridgehead atoms. The molecule has 5 aliphatic rings. The number of halogens is 2. The number of nitrogens with two attached hydrogens (primary N) is 1. The van der Waals surface area contributed by atoms with Crippen LogP contribution in [-0.2, 0) is 9.59 Å². The molecular weight excluding hydrogens is 364 g/mol. The first kappa shape index (κ1) is 17.9. The van der Waals surface area contributed by atoms with E-state index >= 15 is 0 Å². The molecule has 0 saturated heterocycles. The lowest BCUT2D eigenvalue weighted by molar-refractivity contribution is -0.147. The van der Waals surface area contributed by atoms with Crippen LogP contribution in [0.5, 0.6) is 0 Å². The molecule has 0 radical (unpaired) electrons. The highest BCUT2D eigenvalue weighted by molar-refractivity contribution is 5.93. The summed E-state index contributed by atoms with van der Waals surface area (Å²) in [5.74, 6) is -0.981. The van der Waals surface area contributed by atoms with Crippen molar-refractivity contribution in [1.82, 2.24) is 5.32 Å². The maximum absolute atomic E-state index is 13.5. The number of anilines is 1. The summed E-state index contributed by atoms with van der Waals surface area (Å²) in [6.45, 7) is 0. The van der Waals surface area contributed by atoms with Crippen molar-refractivity contribution in [2.75, 3.05) is 5.32 Å². The van der Waals surface area contributed by atoms with E-state index in [9.17, 15) is 18.4 Å². The van der Waals surface area contributed by atoms with Crippen LogP contribution in [0.15, 0.2) is 18.2 Å². The molecule has 1 aromatic carbocycles. The number of hydrogen-bond acceptors (Lipinski definition) is 3. The van der Waals surface area contributed by atoms with Crippen LogP contribution in [0.3, 0.4) is 0 Å². The van der Waals surface area contributed by atoms with E-state index < -0.39 is 17.2 Å². The first-order chi connectivity index (χ1) is 13.3. The number of nitrogens with one attached hydrogen (secondary N) is 2. The number of benzene rings is 1. The van der Waals surface area contributed by atoms with Gasteiger partial charge in [0.25, 0.3) is 0 Å². The van der Waals surface area contributed by atoms with E-state index in [-0.39, 0.29) is 23.3 Å². The highest BCUT2D eigenvalue weighted by atomic mass is 19.2. The molecule has 150 valence electrons. The van der Waals surface area contributed by atoms with Crippen molar-refractivity contribution in [1.29, 1.82) is 0 Å². The molecule has 4 N–H and O–H groups in total. The standard InChI is InChI=1S/C21H25F2N3O2/c22-15-2-1-14(7-16(15)23)26-21(3-4-21)19(28)25-17-12-5-11-6-13(17)10-20(8-11,9-12)18(24)27/h1-2,7,11-13,17,26H,3-6,8-10H2,(H2,24,27)(H,25,28). The van der Waals surface area contributed by atoms with E-state index in [1.807, 2.05) is 0 Å². The Bertz CT molecular complexity index is 838. The van der Waals surface area contributed by atoms with Crippen LogP contribution in [0.2, 0.25) is 0 Å². The van der Waals surface area contributed by atoms with Crippen molar-refractivity contribution in [2.45, 2.75) is 56.5 Å². The maximum Gasteiger partial charge on any atom is 0.245 e. The summed E-state index contributed by atoms with van der Waals surface area (Å²) < 4.78 is 26.6. The number of rotatable bonds is 5. The molecule has 7 heteroatoms. The highest BCUT2D eigenvalue weighted by Gasteiger charge is 2.59. The smallest absolute Gasteiger partial charge is 0.245 e. The number of carbonyl (C=O) groups is 2. The van der Waals surface area contributed by atoms with E-state index in [0.29, 0.717) is 36.3 Å². The van der Waals surface area contributed by atoms with Gasteiger partial charge in [-0.2, -0.15) is 0 Å². The van der Waals surface area contributed by atoms with Crippen molar-refractivity contribution in [3.8, 4) is 0 Å². The summed E-state index contributed by atoms with van der Waals surface area (Å²) in [6, 6.07) is 3.67. The minimum absolute atomic E-state index is 0.0701. The molecule has 0 aromatic heterocycles. The summed E-state index contributed by atoms with van der Waals surface area (Å²) in [5, 5.41) is 6.35. The molecule has 5 aliphatic carbocycles.